The van der Waals surface area contributed by atoms with Gasteiger partial charge in [-0.15, -0.1) is 34.8 Å². The summed E-state index contributed by atoms with van der Waals surface area (Å²) >= 11 is 17.0. The van der Waals surface area contributed by atoms with Crippen molar-refractivity contribution in [1.29, 1.82) is 0 Å². The van der Waals surface area contributed by atoms with Gasteiger partial charge in [0.25, 0.3) is 0 Å². The molecule has 0 aliphatic rings. The molecule has 0 saturated carbocycles. The summed E-state index contributed by atoms with van der Waals surface area (Å²) in [6.45, 7) is 0. The van der Waals surface area contributed by atoms with E-state index in [-0.39, 0.29) is 5.38 Å². The van der Waals surface area contributed by atoms with E-state index in [0.717, 1.165) is 25.7 Å². The molecule has 2 N–H and O–H groups in total. The second kappa shape index (κ2) is 9.05. The third kappa shape index (κ3) is 7.13. The van der Waals surface area contributed by atoms with Crippen molar-refractivity contribution in [3.8, 4) is 0 Å². The summed E-state index contributed by atoms with van der Waals surface area (Å²) in [5, 5.41) is 16.3. The molecule has 0 aliphatic carbocycles. The van der Waals surface area contributed by atoms with Crippen LogP contribution in [0.3, 0.4) is 0 Å². The minimum atomic E-state index is -1.54. The van der Waals surface area contributed by atoms with E-state index < -0.39 is 11.7 Å². The fourth-order valence-electron chi connectivity index (χ4n) is 1.13. The molecule has 0 rings (SSSR count). The number of aliphatic hydroxyl groups excluding tert-OH is 1. The first-order valence-electron chi connectivity index (χ1n) is 4.80. The Morgan fingerprint density at radius 3 is 2.00 bits per heavy atom. The molecule has 0 aliphatic heterocycles. The molecule has 0 amide bonds. The largest absolute Gasteiger partial charge is 0.367 e. The highest BCUT2D eigenvalue weighted by Gasteiger charge is 2.22. The van der Waals surface area contributed by atoms with E-state index in [1.165, 1.54) is 0 Å². The van der Waals surface area contributed by atoms with E-state index in [9.17, 15) is 0 Å². The van der Waals surface area contributed by atoms with Crippen molar-refractivity contribution >= 4 is 34.8 Å². The molecule has 0 aromatic carbocycles. The molecule has 86 valence electrons. The minimum Gasteiger partial charge on any atom is -0.367 e. The Morgan fingerprint density at radius 2 is 1.50 bits per heavy atom. The predicted molar refractivity (Wildman–Crippen MR) is 61.3 cm³/mol. The van der Waals surface area contributed by atoms with E-state index in [1.807, 2.05) is 0 Å². The summed E-state index contributed by atoms with van der Waals surface area (Å²) in [5.74, 6) is 0.692. The van der Waals surface area contributed by atoms with Gasteiger partial charge in [0.15, 0.2) is 6.29 Å². The lowest BCUT2D eigenvalue weighted by Gasteiger charge is -2.17. The number of hydrogen-bond acceptors (Lipinski definition) is 2. The SMILES string of the molecule is OC(O)C(Cl)C(Cl)CCCCCCCl. The van der Waals surface area contributed by atoms with Crippen LogP contribution in [0.5, 0.6) is 0 Å². The number of halogens is 3. The van der Waals surface area contributed by atoms with Crippen molar-refractivity contribution in [3.63, 3.8) is 0 Å². The van der Waals surface area contributed by atoms with Gasteiger partial charge in [-0.3, -0.25) is 0 Å². The second-order valence-corrected chi connectivity index (χ2v) is 4.71. The first-order valence-corrected chi connectivity index (χ1v) is 6.20. The van der Waals surface area contributed by atoms with Gasteiger partial charge in [-0.25, -0.2) is 0 Å². The van der Waals surface area contributed by atoms with Crippen LogP contribution in [0.15, 0.2) is 0 Å². The number of rotatable bonds is 8. The summed E-state index contributed by atoms with van der Waals surface area (Å²) in [6, 6.07) is 0. The van der Waals surface area contributed by atoms with E-state index in [0.29, 0.717) is 12.3 Å². The Bertz CT molecular complexity index is 133. The number of hydrogen-bond donors (Lipinski definition) is 2. The Balaban J connectivity index is 3.39. The lowest BCUT2D eigenvalue weighted by molar-refractivity contribution is -0.0424. The number of alkyl halides is 3. The molecule has 0 aromatic heterocycles. The highest BCUT2D eigenvalue weighted by Crippen LogP contribution is 2.19. The van der Waals surface area contributed by atoms with Gasteiger partial charge in [0.05, 0.1) is 5.38 Å². The average molecular weight is 264 g/mol. The van der Waals surface area contributed by atoms with Crippen molar-refractivity contribution in [2.45, 2.75) is 49.1 Å². The van der Waals surface area contributed by atoms with Crippen LogP contribution >= 0.6 is 34.8 Å². The Hall–Kier alpha value is 0.790. The van der Waals surface area contributed by atoms with Crippen LogP contribution in [0, 0.1) is 0 Å². The van der Waals surface area contributed by atoms with E-state index in [4.69, 9.17) is 45.0 Å². The molecule has 0 fully saturated rings. The van der Waals surface area contributed by atoms with Crippen LogP contribution in [-0.2, 0) is 0 Å². The predicted octanol–water partition coefficient (Wildman–Crippen LogP) is 2.70. The fourth-order valence-corrected chi connectivity index (χ4v) is 1.73. The first-order chi connectivity index (χ1) is 6.59. The minimum absolute atomic E-state index is 0.382. The van der Waals surface area contributed by atoms with Crippen LogP contribution in [0.2, 0.25) is 0 Å². The van der Waals surface area contributed by atoms with Crippen LogP contribution in [0.1, 0.15) is 32.1 Å². The molecular formula is C9H17Cl3O2. The zero-order chi connectivity index (χ0) is 11.0. The highest BCUT2D eigenvalue weighted by molar-refractivity contribution is 6.30. The van der Waals surface area contributed by atoms with Crippen molar-refractivity contribution in [1.82, 2.24) is 0 Å². The fraction of sp³-hybridized carbons (Fsp3) is 1.00. The van der Waals surface area contributed by atoms with Gasteiger partial charge < -0.3 is 10.2 Å². The van der Waals surface area contributed by atoms with E-state index in [1.54, 1.807) is 0 Å². The van der Waals surface area contributed by atoms with Crippen LogP contribution in [0.4, 0.5) is 0 Å². The quantitative estimate of drug-likeness (QED) is 0.402. The Kier molecular flexibility index (Phi) is 9.56. The van der Waals surface area contributed by atoms with E-state index >= 15 is 0 Å². The monoisotopic (exact) mass is 262 g/mol. The third-order valence-electron chi connectivity index (χ3n) is 1.99. The van der Waals surface area contributed by atoms with Gasteiger partial charge in [-0.05, 0) is 12.8 Å². The zero-order valence-electron chi connectivity index (χ0n) is 8.00. The maximum absolute atomic E-state index is 8.75. The summed E-state index contributed by atoms with van der Waals surface area (Å²) in [6.07, 6.45) is 3.27. The molecule has 2 nitrogen and oxygen atoms in total. The molecule has 0 heterocycles. The molecular weight excluding hydrogens is 246 g/mol. The maximum Gasteiger partial charge on any atom is 0.169 e. The standard InChI is InChI=1S/C9H17Cl3O2/c10-6-4-2-1-3-5-7(11)8(12)9(13)14/h7-9,13-14H,1-6H2. The summed E-state index contributed by atoms with van der Waals surface area (Å²) in [4.78, 5) is 0. The third-order valence-corrected chi connectivity index (χ3v) is 3.41. The smallest absolute Gasteiger partial charge is 0.169 e. The lowest BCUT2D eigenvalue weighted by Crippen LogP contribution is -2.29. The van der Waals surface area contributed by atoms with Crippen LogP contribution < -0.4 is 0 Å². The number of unbranched alkanes of at least 4 members (excludes halogenated alkanes) is 3. The van der Waals surface area contributed by atoms with Crippen molar-refractivity contribution in [2.75, 3.05) is 5.88 Å². The van der Waals surface area contributed by atoms with Crippen molar-refractivity contribution < 1.29 is 10.2 Å². The molecule has 14 heavy (non-hydrogen) atoms. The molecule has 2 atom stereocenters. The van der Waals surface area contributed by atoms with Crippen molar-refractivity contribution in [3.05, 3.63) is 0 Å². The van der Waals surface area contributed by atoms with Crippen molar-refractivity contribution in [2.24, 2.45) is 0 Å². The number of aliphatic hydroxyl groups is 2. The highest BCUT2D eigenvalue weighted by atomic mass is 35.5. The Labute approximate surface area is 100 Å². The lowest BCUT2D eigenvalue weighted by atomic mass is 10.1. The van der Waals surface area contributed by atoms with Crippen LogP contribution in [-0.4, -0.2) is 33.1 Å². The molecule has 0 aromatic rings. The van der Waals surface area contributed by atoms with Gasteiger partial charge in [0, 0.05) is 5.88 Å². The van der Waals surface area contributed by atoms with Gasteiger partial charge in [-0.1, -0.05) is 19.3 Å². The normalized spacial score (nSPS) is 15.9. The topological polar surface area (TPSA) is 40.5 Å². The summed E-state index contributed by atoms with van der Waals surface area (Å²) in [5.41, 5.74) is 0. The molecule has 2 unspecified atom stereocenters. The second-order valence-electron chi connectivity index (χ2n) is 3.27. The summed E-state index contributed by atoms with van der Waals surface area (Å²) < 4.78 is 0. The molecule has 0 radical (unpaired) electrons. The molecule has 0 spiro atoms. The van der Waals surface area contributed by atoms with Gasteiger partial charge in [0.1, 0.15) is 5.38 Å². The molecule has 5 heteroatoms. The van der Waals surface area contributed by atoms with Crippen LogP contribution in [0.25, 0.3) is 0 Å². The van der Waals surface area contributed by atoms with Gasteiger partial charge in [-0.2, -0.15) is 0 Å². The average Bonchev–Trinajstić information content (AvgIpc) is 2.16. The first kappa shape index (κ1) is 14.8. The summed E-state index contributed by atoms with van der Waals surface area (Å²) in [7, 11) is 0. The van der Waals surface area contributed by atoms with E-state index in [2.05, 4.69) is 0 Å². The zero-order valence-corrected chi connectivity index (χ0v) is 10.3. The van der Waals surface area contributed by atoms with Gasteiger partial charge >= 0.3 is 0 Å². The maximum atomic E-state index is 8.75. The van der Waals surface area contributed by atoms with Gasteiger partial charge in [0.2, 0.25) is 0 Å². The molecule has 0 saturated heterocycles. The molecule has 0 bridgehead atoms. The Morgan fingerprint density at radius 1 is 0.929 bits per heavy atom.